The third-order valence-electron chi connectivity index (χ3n) is 4.43. The van der Waals surface area contributed by atoms with Crippen LogP contribution in [0.4, 0.5) is 4.39 Å². The molecule has 0 spiro atoms. The van der Waals surface area contributed by atoms with Crippen LogP contribution in [0.5, 0.6) is 0 Å². The van der Waals surface area contributed by atoms with Gasteiger partial charge in [0.05, 0.1) is 0 Å². The van der Waals surface area contributed by atoms with Crippen molar-refractivity contribution in [1.29, 1.82) is 0 Å². The molecule has 1 aliphatic rings. The third kappa shape index (κ3) is 4.26. The van der Waals surface area contributed by atoms with Gasteiger partial charge in [-0.3, -0.25) is 4.90 Å². The van der Waals surface area contributed by atoms with Gasteiger partial charge in [0.15, 0.2) is 0 Å². The second-order valence-electron chi connectivity index (χ2n) is 5.80. The largest absolute Gasteiger partial charge is 0.488 e. The maximum Gasteiger partial charge on any atom is 0.488 e. The van der Waals surface area contributed by atoms with E-state index in [0.717, 1.165) is 38.0 Å². The van der Waals surface area contributed by atoms with Gasteiger partial charge in [0.2, 0.25) is 0 Å². The minimum absolute atomic E-state index is 0.257. The fraction of sp³-hybridized carbons (Fsp3) is 0.600. The van der Waals surface area contributed by atoms with Crippen molar-refractivity contribution in [3.8, 4) is 0 Å². The summed E-state index contributed by atoms with van der Waals surface area (Å²) in [5.74, 6) is -0.444. The van der Waals surface area contributed by atoms with Crippen LogP contribution >= 0.6 is 0 Å². The Kier molecular flexibility index (Phi) is 5.76. The Balaban J connectivity index is 2.01. The highest BCUT2D eigenvalue weighted by molar-refractivity contribution is 6.59. The van der Waals surface area contributed by atoms with Gasteiger partial charge >= 0.3 is 7.12 Å². The average Bonchev–Trinajstić information content (AvgIpc) is 2.49. The molecule has 0 unspecified atom stereocenters. The van der Waals surface area contributed by atoms with Crippen LogP contribution in [0, 0.1) is 5.82 Å². The highest BCUT2D eigenvalue weighted by atomic mass is 19.1. The van der Waals surface area contributed by atoms with Crippen LogP contribution in [-0.2, 0) is 6.54 Å². The molecule has 0 radical (unpaired) electrons. The normalized spacial score (nSPS) is 17.4. The van der Waals surface area contributed by atoms with E-state index >= 15 is 0 Å². The predicted molar refractivity (Wildman–Crippen MR) is 82.8 cm³/mol. The molecule has 0 amide bonds. The Morgan fingerprint density at radius 1 is 1.33 bits per heavy atom. The van der Waals surface area contributed by atoms with E-state index in [2.05, 4.69) is 16.7 Å². The number of benzene rings is 1. The molecule has 1 aliphatic heterocycles. The zero-order valence-corrected chi connectivity index (χ0v) is 12.8. The van der Waals surface area contributed by atoms with Crippen molar-refractivity contribution in [3.05, 3.63) is 29.6 Å². The Morgan fingerprint density at radius 3 is 2.57 bits per heavy atom. The summed E-state index contributed by atoms with van der Waals surface area (Å²) < 4.78 is 13.2. The predicted octanol–water partition coefficient (Wildman–Crippen LogP) is 0.422. The summed E-state index contributed by atoms with van der Waals surface area (Å²) in [5.41, 5.74) is 1.03. The second kappa shape index (κ2) is 7.36. The average molecular weight is 294 g/mol. The maximum absolute atomic E-state index is 13.2. The molecule has 4 nitrogen and oxygen atoms in total. The Hall–Kier alpha value is -0.945. The van der Waals surface area contributed by atoms with Crippen molar-refractivity contribution in [2.45, 2.75) is 32.4 Å². The lowest BCUT2D eigenvalue weighted by atomic mass is 9.76. The summed E-state index contributed by atoms with van der Waals surface area (Å²) in [5, 5.41) is 18.8. The number of hydrogen-bond donors (Lipinski definition) is 2. The van der Waals surface area contributed by atoms with E-state index in [1.165, 1.54) is 12.1 Å². The first-order valence-electron chi connectivity index (χ1n) is 7.58. The number of rotatable bonds is 5. The van der Waals surface area contributed by atoms with Gasteiger partial charge in [0, 0.05) is 12.6 Å². The monoisotopic (exact) mass is 294 g/mol. The van der Waals surface area contributed by atoms with Crippen molar-refractivity contribution >= 4 is 12.6 Å². The molecule has 0 aliphatic carbocycles. The van der Waals surface area contributed by atoms with Crippen molar-refractivity contribution in [2.24, 2.45) is 0 Å². The first-order valence-corrected chi connectivity index (χ1v) is 7.58. The molecule has 1 heterocycles. The van der Waals surface area contributed by atoms with Gasteiger partial charge in [-0.15, -0.1) is 0 Å². The quantitative estimate of drug-likeness (QED) is 0.773. The fourth-order valence-electron chi connectivity index (χ4n) is 3.02. The topological polar surface area (TPSA) is 46.9 Å². The lowest BCUT2D eigenvalue weighted by Crippen LogP contribution is -2.44. The van der Waals surface area contributed by atoms with Crippen LogP contribution in [0.25, 0.3) is 0 Å². The van der Waals surface area contributed by atoms with Crippen LogP contribution in [0.2, 0.25) is 0 Å². The molecule has 0 bridgehead atoms. The van der Waals surface area contributed by atoms with Crippen molar-refractivity contribution in [3.63, 3.8) is 0 Å². The Bertz CT molecular complexity index is 465. The Morgan fingerprint density at radius 2 is 2.00 bits per heavy atom. The molecule has 2 rings (SSSR count). The summed E-state index contributed by atoms with van der Waals surface area (Å²) in [6, 6.07) is 4.70. The molecule has 2 N–H and O–H groups in total. The van der Waals surface area contributed by atoms with Gasteiger partial charge in [-0.2, -0.15) is 0 Å². The van der Waals surface area contributed by atoms with Gasteiger partial charge in [-0.1, -0.05) is 13.0 Å². The minimum atomic E-state index is -1.63. The van der Waals surface area contributed by atoms with E-state index in [1.807, 2.05) is 7.05 Å². The van der Waals surface area contributed by atoms with E-state index in [-0.39, 0.29) is 5.46 Å². The van der Waals surface area contributed by atoms with Crippen LogP contribution < -0.4 is 5.46 Å². The summed E-state index contributed by atoms with van der Waals surface area (Å²) in [6.07, 6.45) is 2.23. The third-order valence-corrected chi connectivity index (χ3v) is 4.43. The summed E-state index contributed by atoms with van der Waals surface area (Å²) >= 11 is 0. The standard InChI is InChI=1S/C15H24BFN2O2/c1-3-19-8-6-14(7-9-19)18(2)11-12-4-5-13(17)10-15(12)16(20)21/h4-5,10,14,20-21H,3,6-9,11H2,1-2H3. The Labute approximate surface area is 126 Å². The molecule has 1 fully saturated rings. The first-order chi connectivity index (χ1) is 10.0. The molecule has 116 valence electrons. The smallest absolute Gasteiger partial charge is 0.423 e. The molecule has 1 aromatic carbocycles. The molecule has 6 heteroatoms. The SMILES string of the molecule is CCN1CCC(N(C)Cc2ccc(F)cc2B(O)O)CC1. The summed E-state index contributed by atoms with van der Waals surface area (Å²) in [4.78, 5) is 4.66. The van der Waals surface area contributed by atoms with E-state index in [0.29, 0.717) is 12.6 Å². The fourth-order valence-corrected chi connectivity index (χ4v) is 3.02. The highest BCUT2D eigenvalue weighted by Crippen LogP contribution is 2.17. The van der Waals surface area contributed by atoms with E-state index in [1.54, 1.807) is 6.07 Å². The van der Waals surface area contributed by atoms with Gasteiger partial charge in [-0.05, 0) is 62.7 Å². The maximum atomic E-state index is 13.2. The highest BCUT2D eigenvalue weighted by Gasteiger charge is 2.23. The number of halogens is 1. The van der Waals surface area contributed by atoms with Gasteiger partial charge < -0.3 is 14.9 Å². The van der Waals surface area contributed by atoms with Gasteiger partial charge in [0.25, 0.3) is 0 Å². The van der Waals surface area contributed by atoms with E-state index < -0.39 is 12.9 Å². The number of hydrogen-bond acceptors (Lipinski definition) is 4. The molecule has 0 saturated carbocycles. The zero-order chi connectivity index (χ0) is 15.4. The molecule has 21 heavy (non-hydrogen) atoms. The van der Waals surface area contributed by atoms with Crippen LogP contribution in [0.1, 0.15) is 25.3 Å². The summed E-state index contributed by atoms with van der Waals surface area (Å²) in [7, 11) is 0.412. The van der Waals surface area contributed by atoms with E-state index in [4.69, 9.17) is 0 Å². The minimum Gasteiger partial charge on any atom is -0.423 e. The number of nitrogens with zero attached hydrogens (tertiary/aromatic N) is 2. The summed E-state index contributed by atoms with van der Waals surface area (Å²) in [6.45, 7) is 6.07. The lowest BCUT2D eigenvalue weighted by Gasteiger charge is -2.36. The molecular weight excluding hydrogens is 270 g/mol. The first kappa shape index (κ1) is 16.4. The molecule has 0 atom stereocenters. The number of piperidine rings is 1. The van der Waals surface area contributed by atoms with E-state index in [9.17, 15) is 14.4 Å². The van der Waals surface area contributed by atoms with Crippen molar-refractivity contribution in [1.82, 2.24) is 9.80 Å². The number of likely N-dealkylation sites (tertiary alicyclic amines) is 1. The zero-order valence-electron chi connectivity index (χ0n) is 12.8. The molecule has 1 aromatic rings. The molecular formula is C15H24BFN2O2. The van der Waals surface area contributed by atoms with Crippen LogP contribution in [0.15, 0.2) is 18.2 Å². The van der Waals surface area contributed by atoms with Gasteiger partial charge in [-0.25, -0.2) is 4.39 Å². The second-order valence-corrected chi connectivity index (χ2v) is 5.80. The van der Waals surface area contributed by atoms with Crippen molar-refractivity contribution < 1.29 is 14.4 Å². The van der Waals surface area contributed by atoms with Crippen LogP contribution in [0.3, 0.4) is 0 Å². The van der Waals surface area contributed by atoms with Gasteiger partial charge in [0.1, 0.15) is 5.82 Å². The molecule has 0 aromatic heterocycles. The molecule has 1 saturated heterocycles. The lowest BCUT2D eigenvalue weighted by molar-refractivity contribution is 0.127. The van der Waals surface area contributed by atoms with Crippen LogP contribution in [-0.4, -0.2) is 59.7 Å². The van der Waals surface area contributed by atoms with Crippen molar-refractivity contribution in [2.75, 3.05) is 26.7 Å².